The number of amides is 1. The number of halogens is 3. The van der Waals surface area contributed by atoms with Gasteiger partial charge in [-0.15, -0.1) is 5.10 Å². The van der Waals surface area contributed by atoms with Crippen molar-refractivity contribution < 1.29 is 18.0 Å². The zero-order chi connectivity index (χ0) is 11.6. The summed E-state index contributed by atoms with van der Waals surface area (Å²) < 4.78 is 36.8. The monoisotopic (exact) mass is 222 g/mol. The van der Waals surface area contributed by atoms with E-state index in [4.69, 9.17) is 5.73 Å². The molecule has 0 aliphatic carbocycles. The van der Waals surface area contributed by atoms with E-state index < -0.39 is 18.6 Å². The fourth-order valence-electron chi connectivity index (χ4n) is 1.17. The first-order valence-electron chi connectivity index (χ1n) is 4.14. The minimum atomic E-state index is -4.40. The van der Waals surface area contributed by atoms with E-state index in [9.17, 15) is 18.0 Å². The maximum absolute atomic E-state index is 12.1. The van der Waals surface area contributed by atoms with Crippen LogP contribution in [0.25, 0.3) is 0 Å². The molecule has 0 saturated carbocycles. The van der Waals surface area contributed by atoms with E-state index in [1.54, 1.807) is 6.92 Å². The van der Waals surface area contributed by atoms with E-state index in [0.717, 1.165) is 0 Å². The topological polar surface area (TPSA) is 73.8 Å². The van der Waals surface area contributed by atoms with Gasteiger partial charge in [0.15, 0.2) is 5.69 Å². The minimum Gasteiger partial charge on any atom is -0.364 e. The molecule has 1 aromatic rings. The van der Waals surface area contributed by atoms with E-state index in [0.29, 0.717) is 4.68 Å². The Hall–Kier alpha value is -1.60. The molecule has 0 unspecified atom stereocenters. The maximum atomic E-state index is 12.1. The second kappa shape index (κ2) is 3.87. The van der Waals surface area contributed by atoms with E-state index in [-0.39, 0.29) is 17.8 Å². The van der Waals surface area contributed by atoms with Gasteiger partial charge in [0.1, 0.15) is 6.54 Å². The summed E-state index contributed by atoms with van der Waals surface area (Å²) in [5, 5.41) is 6.55. The summed E-state index contributed by atoms with van der Waals surface area (Å²) in [5.41, 5.74) is 4.82. The number of hydrogen-bond donors (Lipinski definition) is 1. The highest BCUT2D eigenvalue weighted by molar-refractivity contribution is 5.91. The first kappa shape index (κ1) is 11.5. The largest absolute Gasteiger partial charge is 0.408 e. The number of aromatic nitrogens is 3. The van der Waals surface area contributed by atoms with Crippen molar-refractivity contribution in [1.29, 1.82) is 0 Å². The SMILES string of the molecule is CCc1c(C(N)=O)nnn1CC(F)(F)F. The number of nitrogens with two attached hydrogens (primary N) is 1. The second-order valence-electron chi connectivity index (χ2n) is 2.88. The van der Waals surface area contributed by atoms with E-state index in [1.165, 1.54) is 0 Å². The molecule has 8 heteroatoms. The van der Waals surface area contributed by atoms with Crippen molar-refractivity contribution in [2.45, 2.75) is 26.1 Å². The Labute approximate surface area is 83.0 Å². The predicted molar refractivity (Wildman–Crippen MR) is 44.0 cm³/mol. The third kappa shape index (κ3) is 2.67. The van der Waals surface area contributed by atoms with Crippen molar-refractivity contribution in [3.05, 3.63) is 11.4 Å². The van der Waals surface area contributed by atoms with Crippen molar-refractivity contribution in [2.75, 3.05) is 0 Å². The minimum absolute atomic E-state index is 0.0971. The van der Waals surface area contributed by atoms with Gasteiger partial charge in [0.25, 0.3) is 5.91 Å². The van der Waals surface area contributed by atoms with Crippen LogP contribution in [0.3, 0.4) is 0 Å². The molecular weight excluding hydrogens is 213 g/mol. The van der Waals surface area contributed by atoms with Gasteiger partial charge in [-0.3, -0.25) is 4.79 Å². The van der Waals surface area contributed by atoms with Gasteiger partial charge in [-0.05, 0) is 6.42 Å². The summed E-state index contributed by atoms with van der Waals surface area (Å²) in [7, 11) is 0. The second-order valence-corrected chi connectivity index (χ2v) is 2.88. The van der Waals surface area contributed by atoms with Gasteiger partial charge in [0, 0.05) is 0 Å². The van der Waals surface area contributed by atoms with Gasteiger partial charge in [-0.1, -0.05) is 12.1 Å². The average Bonchev–Trinajstić information content (AvgIpc) is 2.44. The summed E-state index contributed by atoms with van der Waals surface area (Å²) in [6.45, 7) is 0.328. The smallest absolute Gasteiger partial charge is 0.364 e. The first-order chi connectivity index (χ1) is 6.85. The molecule has 0 aliphatic rings. The summed E-state index contributed by atoms with van der Waals surface area (Å²) >= 11 is 0. The summed E-state index contributed by atoms with van der Waals surface area (Å²) in [6.07, 6.45) is -4.19. The van der Waals surface area contributed by atoms with Crippen LogP contribution in [0.2, 0.25) is 0 Å². The van der Waals surface area contributed by atoms with E-state index >= 15 is 0 Å². The molecule has 0 aliphatic heterocycles. The molecule has 1 heterocycles. The van der Waals surface area contributed by atoms with Crippen LogP contribution in [-0.4, -0.2) is 27.1 Å². The Bertz CT molecular complexity index is 371. The van der Waals surface area contributed by atoms with Crippen LogP contribution in [0.5, 0.6) is 0 Å². The molecule has 1 amide bonds. The lowest BCUT2D eigenvalue weighted by molar-refractivity contribution is -0.143. The summed E-state index contributed by atoms with van der Waals surface area (Å²) in [6, 6.07) is 0. The van der Waals surface area contributed by atoms with Crippen LogP contribution in [-0.2, 0) is 13.0 Å². The lowest BCUT2D eigenvalue weighted by atomic mass is 10.2. The Balaban J connectivity index is 3.05. The molecule has 0 aromatic carbocycles. The lowest BCUT2D eigenvalue weighted by Crippen LogP contribution is -2.21. The molecule has 0 fully saturated rings. The number of primary amides is 1. The molecule has 0 atom stereocenters. The Morgan fingerprint density at radius 2 is 2.13 bits per heavy atom. The Morgan fingerprint density at radius 1 is 1.53 bits per heavy atom. The number of alkyl halides is 3. The molecule has 2 N–H and O–H groups in total. The molecular formula is C7H9F3N4O. The van der Waals surface area contributed by atoms with Crippen molar-refractivity contribution in [1.82, 2.24) is 15.0 Å². The van der Waals surface area contributed by atoms with Gasteiger partial charge < -0.3 is 5.73 Å². The number of hydrogen-bond acceptors (Lipinski definition) is 3. The van der Waals surface area contributed by atoms with Crippen molar-refractivity contribution in [3.8, 4) is 0 Å². The molecule has 0 saturated heterocycles. The zero-order valence-electron chi connectivity index (χ0n) is 7.88. The standard InChI is InChI=1S/C7H9F3N4O/c1-2-4-5(6(11)15)12-13-14(4)3-7(8,9)10/h2-3H2,1H3,(H2,11,15). The van der Waals surface area contributed by atoms with Crippen LogP contribution in [0.15, 0.2) is 0 Å². The molecule has 1 rings (SSSR count). The number of carbonyl (C=O) groups is 1. The van der Waals surface area contributed by atoms with Crippen LogP contribution in [0.4, 0.5) is 13.2 Å². The van der Waals surface area contributed by atoms with Gasteiger partial charge in [0.05, 0.1) is 5.69 Å². The third-order valence-electron chi connectivity index (χ3n) is 1.73. The number of rotatable bonds is 3. The van der Waals surface area contributed by atoms with E-state index in [1.807, 2.05) is 0 Å². The van der Waals surface area contributed by atoms with Gasteiger partial charge in [-0.25, -0.2) is 4.68 Å². The molecule has 1 aromatic heterocycles. The Kier molecular flexibility index (Phi) is 2.96. The van der Waals surface area contributed by atoms with Gasteiger partial charge >= 0.3 is 6.18 Å². The maximum Gasteiger partial charge on any atom is 0.408 e. The van der Waals surface area contributed by atoms with Gasteiger partial charge in [0.2, 0.25) is 0 Å². The highest BCUT2D eigenvalue weighted by Crippen LogP contribution is 2.18. The molecule has 0 radical (unpaired) electrons. The molecule has 0 spiro atoms. The Morgan fingerprint density at radius 3 is 2.53 bits per heavy atom. The number of nitrogens with zero attached hydrogens (tertiary/aromatic N) is 3. The lowest BCUT2D eigenvalue weighted by Gasteiger charge is -2.08. The third-order valence-corrected chi connectivity index (χ3v) is 1.73. The molecule has 15 heavy (non-hydrogen) atoms. The highest BCUT2D eigenvalue weighted by Gasteiger charge is 2.30. The normalized spacial score (nSPS) is 11.7. The molecule has 5 nitrogen and oxygen atoms in total. The van der Waals surface area contributed by atoms with Crippen LogP contribution < -0.4 is 5.73 Å². The fourth-order valence-corrected chi connectivity index (χ4v) is 1.17. The van der Waals surface area contributed by atoms with Gasteiger partial charge in [-0.2, -0.15) is 13.2 Å². The van der Waals surface area contributed by atoms with Crippen LogP contribution in [0, 0.1) is 0 Å². The molecule has 84 valence electrons. The molecule has 0 bridgehead atoms. The van der Waals surface area contributed by atoms with E-state index in [2.05, 4.69) is 10.3 Å². The van der Waals surface area contributed by atoms with Crippen LogP contribution in [0.1, 0.15) is 23.1 Å². The van der Waals surface area contributed by atoms with Crippen molar-refractivity contribution in [3.63, 3.8) is 0 Å². The van der Waals surface area contributed by atoms with Crippen LogP contribution >= 0.6 is 0 Å². The van der Waals surface area contributed by atoms with Crippen molar-refractivity contribution in [2.24, 2.45) is 5.73 Å². The van der Waals surface area contributed by atoms with Crippen molar-refractivity contribution >= 4 is 5.91 Å². The fraction of sp³-hybridized carbons (Fsp3) is 0.571. The quantitative estimate of drug-likeness (QED) is 0.809. The highest BCUT2D eigenvalue weighted by atomic mass is 19.4. The predicted octanol–water partition coefficient (Wildman–Crippen LogP) is 0.502. The zero-order valence-corrected chi connectivity index (χ0v) is 7.88. The first-order valence-corrected chi connectivity index (χ1v) is 4.14. The summed E-state index contributed by atoms with van der Waals surface area (Å²) in [4.78, 5) is 10.8. The average molecular weight is 222 g/mol. The number of carbonyl (C=O) groups excluding carboxylic acids is 1. The summed E-state index contributed by atoms with van der Waals surface area (Å²) in [5.74, 6) is -0.875.